The van der Waals surface area contributed by atoms with Gasteiger partial charge in [-0.25, -0.2) is 0 Å². The summed E-state index contributed by atoms with van der Waals surface area (Å²) in [4.78, 5) is 23.1. The first-order valence-electron chi connectivity index (χ1n) is 7.07. The van der Waals surface area contributed by atoms with Gasteiger partial charge in [-0.1, -0.05) is 23.0 Å². The molecule has 2 heterocycles. The molecule has 0 radical (unpaired) electrons. The van der Waals surface area contributed by atoms with Gasteiger partial charge in [0.15, 0.2) is 5.78 Å². The second kappa shape index (κ2) is 5.95. The van der Waals surface area contributed by atoms with Gasteiger partial charge in [0.1, 0.15) is 0 Å². The fourth-order valence-corrected chi connectivity index (χ4v) is 4.94. The van der Waals surface area contributed by atoms with Crippen molar-refractivity contribution in [3.05, 3.63) is 29.3 Å². The number of nitrogens with one attached hydrogen (secondary N) is 1. The van der Waals surface area contributed by atoms with E-state index in [2.05, 4.69) is 15.5 Å². The number of sulfonamides is 1. The van der Waals surface area contributed by atoms with E-state index in [1.54, 1.807) is 18.2 Å². The van der Waals surface area contributed by atoms with Crippen LogP contribution in [0.15, 0.2) is 22.5 Å². The number of hydrogen-bond acceptors (Lipinski definition) is 7. The topological polar surface area (TPSA) is 109 Å². The van der Waals surface area contributed by atoms with Crippen LogP contribution in [-0.4, -0.2) is 36.9 Å². The minimum atomic E-state index is -3.95. The lowest BCUT2D eigenvalue weighted by atomic mass is 10.0. The van der Waals surface area contributed by atoms with Crippen LogP contribution in [0.4, 0.5) is 10.8 Å². The largest absolute Gasteiger partial charge is 0.301 e. The summed E-state index contributed by atoms with van der Waals surface area (Å²) < 4.78 is 26.6. The third kappa shape index (κ3) is 2.89. The van der Waals surface area contributed by atoms with Crippen molar-refractivity contribution in [3.8, 4) is 0 Å². The third-order valence-corrected chi connectivity index (χ3v) is 6.46. The van der Waals surface area contributed by atoms with Crippen LogP contribution in [0.25, 0.3) is 0 Å². The average Bonchev–Trinajstić information content (AvgIpc) is 2.96. The summed E-state index contributed by atoms with van der Waals surface area (Å²) >= 11 is 0.772. The molecule has 24 heavy (non-hydrogen) atoms. The highest BCUT2D eigenvalue weighted by atomic mass is 32.2. The zero-order valence-electron chi connectivity index (χ0n) is 12.9. The van der Waals surface area contributed by atoms with E-state index in [-0.39, 0.29) is 34.1 Å². The Balaban J connectivity index is 2.02. The van der Waals surface area contributed by atoms with Crippen LogP contribution in [-0.2, 0) is 14.8 Å². The molecule has 0 unspecified atom stereocenters. The van der Waals surface area contributed by atoms with E-state index >= 15 is 0 Å². The molecule has 1 aliphatic rings. The molecule has 1 aromatic heterocycles. The maximum atomic E-state index is 12.9. The second-order valence-electron chi connectivity index (χ2n) is 5.33. The van der Waals surface area contributed by atoms with Gasteiger partial charge < -0.3 is 5.32 Å². The number of ketones is 1. The van der Waals surface area contributed by atoms with Gasteiger partial charge in [0.05, 0.1) is 5.69 Å². The molecule has 0 aliphatic carbocycles. The predicted molar refractivity (Wildman–Crippen MR) is 88.9 cm³/mol. The molecule has 0 fully saturated rings. The molecule has 0 atom stereocenters. The van der Waals surface area contributed by atoms with E-state index in [9.17, 15) is 18.0 Å². The van der Waals surface area contributed by atoms with Crippen LogP contribution in [0.1, 0.15) is 29.3 Å². The average molecular weight is 366 g/mol. The number of carbonyl (C=O) groups is 2. The van der Waals surface area contributed by atoms with Crippen molar-refractivity contribution in [2.45, 2.75) is 24.6 Å². The molecule has 1 aromatic carbocycles. The molecule has 0 saturated carbocycles. The van der Waals surface area contributed by atoms with Crippen molar-refractivity contribution in [2.75, 3.05) is 16.2 Å². The first-order valence-corrected chi connectivity index (χ1v) is 9.32. The van der Waals surface area contributed by atoms with Crippen molar-refractivity contribution in [1.82, 2.24) is 10.2 Å². The second-order valence-corrected chi connectivity index (χ2v) is 8.34. The number of amides is 1. The summed E-state index contributed by atoms with van der Waals surface area (Å²) in [7, 11) is -3.95. The minimum absolute atomic E-state index is 0.0479. The van der Waals surface area contributed by atoms with Crippen molar-refractivity contribution in [2.24, 2.45) is 0 Å². The minimum Gasteiger partial charge on any atom is -0.301 e. The molecule has 126 valence electrons. The van der Waals surface area contributed by atoms with Crippen molar-refractivity contribution in [3.63, 3.8) is 0 Å². The van der Waals surface area contributed by atoms with Crippen LogP contribution in [0, 0.1) is 6.92 Å². The quantitative estimate of drug-likeness (QED) is 0.826. The molecule has 2 aromatic rings. The van der Waals surface area contributed by atoms with E-state index < -0.39 is 10.0 Å². The molecule has 1 N–H and O–H groups in total. The molecular weight excluding hydrogens is 352 g/mol. The zero-order valence-corrected chi connectivity index (χ0v) is 14.6. The highest BCUT2D eigenvalue weighted by Crippen LogP contribution is 2.33. The Kier molecular flexibility index (Phi) is 4.10. The van der Waals surface area contributed by atoms with Gasteiger partial charge in [0, 0.05) is 25.5 Å². The highest BCUT2D eigenvalue weighted by Gasteiger charge is 2.34. The summed E-state index contributed by atoms with van der Waals surface area (Å²) in [6.07, 6.45) is 0.104. The fourth-order valence-electron chi connectivity index (χ4n) is 2.41. The summed E-state index contributed by atoms with van der Waals surface area (Å²) in [5, 5.41) is 9.84. The molecule has 0 bridgehead atoms. The summed E-state index contributed by atoms with van der Waals surface area (Å²) in [5.74, 6) is -0.448. The van der Waals surface area contributed by atoms with Crippen molar-refractivity contribution >= 4 is 43.9 Å². The molecule has 0 spiro atoms. The number of Topliss-reactive ketones (excluding diaryl/α,β-unsaturated/α-hetero) is 1. The van der Waals surface area contributed by atoms with Crippen LogP contribution in [0.2, 0.25) is 0 Å². The Morgan fingerprint density at radius 3 is 2.79 bits per heavy atom. The first-order chi connectivity index (χ1) is 11.3. The normalized spacial score (nSPS) is 14.4. The number of rotatable bonds is 3. The maximum Gasteiger partial charge on any atom is 0.293 e. The number of hydrogen-bond donors (Lipinski definition) is 1. The van der Waals surface area contributed by atoms with Gasteiger partial charge in [0.2, 0.25) is 11.0 Å². The molecule has 10 heteroatoms. The van der Waals surface area contributed by atoms with Gasteiger partial charge in [-0.3, -0.25) is 13.9 Å². The summed E-state index contributed by atoms with van der Waals surface area (Å²) in [5.41, 5.74) is 1.61. The Bertz CT molecular complexity index is 936. The lowest BCUT2D eigenvalue weighted by Crippen LogP contribution is -2.37. The van der Waals surface area contributed by atoms with Gasteiger partial charge in [-0.15, -0.1) is 10.2 Å². The Morgan fingerprint density at radius 2 is 2.08 bits per heavy atom. The highest BCUT2D eigenvalue weighted by molar-refractivity contribution is 7.94. The van der Waals surface area contributed by atoms with E-state index in [0.717, 1.165) is 16.9 Å². The monoisotopic (exact) mass is 366 g/mol. The van der Waals surface area contributed by atoms with Gasteiger partial charge in [-0.2, -0.15) is 8.42 Å². The smallest absolute Gasteiger partial charge is 0.293 e. The van der Waals surface area contributed by atoms with E-state index in [0.29, 0.717) is 11.3 Å². The zero-order chi connectivity index (χ0) is 17.5. The van der Waals surface area contributed by atoms with Crippen molar-refractivity contribution in [1.29, 1.82) is 0 Å². The van der Waals surface area contributed by atoms with Gasteiger partial charge in [-0.05, 0) is 19.1 Å². The SMILES string of the molecule is CC(=O)Nc1nnc(S(=O)(=O)N2CCC(=O)c3cc(C)ccc32)s1. The summed E-state index contributed by atoms with van der Waals surface area (Å²) in [6.45, 7) is 3.18. The van der Waals surface area contributed by atoms with E-state index in [1.165, 1.54) is 11.2 Å². The van der Waals surface area contributed by atoms with E-state index in [4.69, 9.17) is 0 Å². The van der Waals surface area contributed by atoms with E-state index in [1.807, 2.05) is 6.92 Å². The molecule has 8 nitrogen and oxygen atoms in total. The number of aromatic nitrogens is 2. The Hall–Kier alpha value is -2.33. The number of benzene rings is 1. The Morgan fingerprint density at radius 1 is 1.33 bits per heavy atom. The van der Waals surface area contributed by atoms with Gasteiger partial charge >= 0.3 is 0 Å². The van der Waals surface area contributed by atoms with Crippen LogP contribution in [0.5, 0.6) is 0 Å². The molecule has 3 rings (SSSR count). The lowest BCUT2D eigenvalue weighted by Gasteiger charge is -2.28. The maximum absolute atomic E-state index is 12.9. The number of carbonyl (C=O) groups excluding carboxylic acids is 2. The Labute approximate surface area is 142 Å². The standard InChI is InChI=1S/C14H14N4O4S2/c1-8-3-4-11-10(7-8)12(20)5-6-18(11)24(21,22)14-17-16-13(23-14)15-9(2)19/h3-4,7H,5-6H2,1-2H3,(H,15,16,19). The summed E-state index contributed by atoms with van der Waals surface area (Å²) in [6, 6.07) is 5.06. The number of aryl methyl sites for hydroxylation is 1. The van der Waals surface area contributed by atoms with Crippen LogP contribution < -0.4 is 9.62 Å². The number of fused-ring (bicyclic) bond motifs is 1. The molecule has 0 saturated heterocycles. The molecule has 1 aliphatic heterocycles. The predicted octanol–water partition coefficient (Wildman–Crippen LogP) is 1.59. The lowest BCUT2D eigenvalue weighted by molar-refractivity contribution is -0.114. The third-order valence-electron chi connectivity index (χ3n) is 3.46. The fraction of sp³-hybridized carbons (Fsp3) is 0.286. The first kappa shape index (κ1) is 16.5. The van der Waals surface area contributed by atoms with Crippen molar-refractivity contribution < 1.29 is 18.0 Å². The molecule has 1 amide bonds. The number of anilines is 2. The van der Waals surface area contributed by atoms with Crippen LogP contribution in [0.3, 0.4) is 0 Å². The van der Waals surface area contributed by atoms with Gasteiger partial charge in [0.25, 0.3) is 14.4 Å². The van der Waals surface area contributed by atoms with Crippen LogP contribution >= 0.6 is 11.3 Å². The number of nitrogens with zero attached hydrogens (tertiary/aromatic N) is 3. The molecular formula is C14H14N4O4S2.